The molecule has 1 amide bonds. The van der Waals surface area contributed by atoms with E-state index in [1.165, 1.54) is 6.07 Å². The molecule has 2 aliphatic heterocycles. The normalized spacial score (nSPS) is 19.2. The molecule has 35 heavy (non-hydrogen) atoms. The van der Waals surface area contributed by atoms with Crippen LogP contribution in [-0.4, -0.2) is 77.4 Å². The van der Waals surface area contributed by atoms with Crippen LogP contribution < -0.4 is 5.43 Å². The Hall–Kier alpha value is -2.75. The maximum absolute atomic E-state index is 13.3. The Balaban J connectivity index is 1.27. The summed E-state index contributed by atoms with van der Waals surface area (Å²) in [5.74, 6) is 0.901. The molecular formula is C26H30N4O4S. The summed E-state index contributed by atoms with van der Waals surface area (Å²) in [6, 6.07) is 8.32. The number of piperidine rings is 1. The molecule has 2 fully saturated rings. The van der Waals surface area contributed by atoms with Gasteiger partial charge in [-0.1, -0.05) is 23.9 Å². The zero-order valence-corrected chi connectivity index (χ0v) is 20.8. The third-order valence-electron chi connectivity index (χ3n) is 6.67. The molecule has 0 unspecified atom stereocenters. The average molecular weight is 495 g/mol. The average Bonchev–Trinajstić information content (AvgIpc) is 2.90. The van der Waals surface area contributed by atoms with Crippen LogP contribution in [0.4, 0.5) is 0 Å². The van der Waals surface area contributed by atoms with Gasteiger partial charge in [-0.15, -0.1) is 0 Å². The summed E-state index contributed by atoms with van der Waals surface area (Å²) in [5.41, 5.74) is 2.28. The fourth-order valence-corrected chi connectivity index (χ4v) is 5.58. The topological polar surface area (TPSA) is 88.8 Å². The highest BCUT2D eigenvalue weighted by atomic mass is 32.2. The summed E-state index contributed by atoms with van der Waals surface area (Å²) in [5, 5.41) is 1.26. The lowest BCUT2D eigenvalue weighted by Crippen LogP contribution is -2.39. The third kappa shape index (κ3) is 5.58. The summed E-state index contributed by atoms with van der Waals surface area (Å²) in [7, 11) is 0. The SMILES string of the molecule is Cc1cnc(SCCN2CCOCC2)nc1[C@H]1CCCN(C(=O)c2cc(=O)c3ccccc3o2)C1. The van der Waals surface area contributed by atoms with Gasteiger partial charge in [0.2, 0.25) is 0 Å². The van der Waals surface area contributed by atoms with Crippen LogP contribution >= 0.6 is 11.8 Å². The van der Waals surface area contributed by atoms with Crippen molar-refractivity contribution in [2.24, 2.45) is 0 Å². The fraction of sp³-hybridized carbons (Fsp3) is 0.462. The second-order valence-electron chi connectivity index (χ2n) is 9.08. The standard InChI is InChI=1S/C26H30N4O4S/c1-18-16-27-26(35-14-11-29-9-12-33-13-10-29)28-24(18)19-5-4-8-30(17-19)25(32)23-15-21(31)20-6-2-3-7-22(20)34-23/h2-3,6-7,15-16,19H,4-5,8-14,17H2,1H3/t19-/m0/s1. The van der Waals surface area contributed by atoms with E-state index in [9.17, 15) is 9.59 Å². The quantitative estimate of drug-likeness (QED) is 0.381. The Bertz CT molecular complexity index is 1260. The summed E-state index contributed by atoms with van der Waals surface area (Å²) in [4.78, 5) is 39.4. The lowest BCUT2D eigenvalue weighted by molar-refractivity contribution is 0.0410. The van der Waals surface area contributed by atoms with Crippen LogP contribution in [-0.2, 0) is 4.74 Å². The predicted octanol–water partition coefficient (Wildman–Crippen LogP) is 3.34. The molecule has 2 aromatic heterocycles. The molecule has 1 aromatic carbocycles. The number of nitrogens with zero attached hydrogens (tertiary/aromatic N) is 4. The number of carbonyl (C=O) groups excluding carboxylic acids is 1. The van der Waals surface area contributed by atoms with Gasteiger partial charge in [-0.3, -0.25) is 14.5 Å². The molecule has 0 N–H and O–H groups in total. The number of thioether (sulfide) groups is 1. The van der Waals surface area contributed by atoms with Crippen LogP contribution in [0.5, 0.6) is 0 Å². The Morgan fingerprint density at radius 2 is 2.03 bits per heavy atom. The van der Waals surface area contributed by atoms with Crippen molar-refractivity contribution >= 4 is 28.6 Å². The van der Waals surface area contributed by atoms with Crippen molar-refractivity contribution < 1.29 is 13.9 Å². The molecule has 0 saturated carbocycles. The molecule has 5 rings (SSSR count). The van der Waals surface area contributed by atoms with Gasteiger partial charge in [0.25, 0.3) is 5.91 Å². The van der Waals surface area contributed by atoms with E-state index in [0.29, 0.717) is 24.1 Å². The molecule has 184 valence electrons. The van der Waals surface area contributed by atoms with Crippen LogP contribution in [0.15, 0.2) is 50.9 Å². The minimum Gasteiger partial charge on any atom is -0.451 e. The zero-order valence-electron chi connectivity index (χ0n) is 19.9. The van der Waals surface area contributed by atoms with Crippen LogP contribution in [0.25, 0.3) is 11.0 Å². The molecular weight excluding hydrogens is 464 g/mol. The van der Waals surface area contributed by atoms with E-state index >= 15 is 0 Å². The maximum atomic E-state index is 13.3. The number of ether oxygens (including phenoxy) is 1. The molecule has 4 heterocycles. The highest BCUT2D eigenvalue weighted by Gasteiger charge is 2.29. The maximum Gasteiger partial charge on any atom is 0.289 e. The Kier molecular flexibility index (Phi) is 7.46. The molecule has 9 heteroatoms. The number of hydrogen-bond donors (Lipinski definition) is 0. The van der Waals surface area contributed by atoms with E-state index in [1.807, 2.05) is 13.1 Å². The summed E-state index contributed by atoms with van der Waals surface area (Å²) < 4.78 is 11.2. The molecule has 0 radical (unpaired) electrons. The van der Waals surface area contributed by atoms with Crippen molar-refractivity contribution in [3.05, 3.63) is 63.8 Å². The van der Waals surface area contributed by atoms with Gasteiger partial charge in [-0.05, 0) is 37.5 Å². The second-order valence-corrected chi connectivity index (χ2v) is 10.1. The molecule has 3 aromatic rings. The predicted molar refractivity (Wildman–Crippen MR) is 135 cm³/mol. The minimum atomic E-state index is -0.246. The van der Waals surface area contributed by atoms with E-state index in [4.69, 9.17) is 14.1 Å². The largest absolute Gasteiger partial charge is 0.451 e. The van der Waals surface area contributed by atoms with E-state index in [0.717, 1.165) is 67.9 Å². The number of benzene rings is 1. The summed E-state index contributed by atoms with van der Waals surface area (Å²) >= 11 is 1.67. The lowest BCUT2D eigenvalue weighted by atomic mass is 9.92. The Morgan fingerprint density at radius 3 is 2.89 bits per heavy atom. The molecule has 1 atom stereocenters. The van der Waals surface area contributed by atoms with E-state index in [-0.39, 0.29) is 23.0 Å². The second kappa shape index (κ2) is 10.9. The fourth-order valence-electron chi connectivity index (χ4n) is 4.76. The molecule has 0 aliphatic carbocycles. The lowest BCUT2D eigenvalue weighted by Gasteiger charge is -2.32. The number of fused-ring (bicyclic) bond motifs is 1. The smallest absolute Gasteiger partial charge is 0.289 e. The number of morpholine rings is 1. The number of rotatable bonds is 6. The first-order valence-corrected chi connectivity index (χ1v) is 13.2. The van der Waals surface area contributed by atoms with Gasteiger partial charge >= 0.3 is 0 Å². The van der Waals surface area contributed by atoms with Crippen LogP contribution in [0.3, 0.4) is 0 Å². The first kappa shape index (κ1) is 24.0. The Labute approximate surface area is 208 Å². The van der Waals surface area contributed by atoms with Crippen LogP contribution in [0.2, 0.25) is 0 Å². The monoisotopic (exact) mass is 494 g/mol. The van der Waals surface area contributed by atoms with Crippen LogP contribution in [0, 0.1) is 6.92 Å². The van der Waals surface area contributed by atoms with Crippen molar-refractivity contribution in [2.75, 3.05) is 51.7 Å². The van der Waals surface area contributed by atoms with Crippen molar-refractivity contribution in [1.82, 2.24) is 19.8 Å². The number of aryl methyl sites for hydroxylation is 1. The first-order chi connectivity index (χ1) is 17.1. The highest BCUT2D eigenvalue weighted by molar-refractivity contribution is 7.99. The van der Waals surface area contributed by atoms with Gasteiger partial charge in [-0.25, -0.2) is 9.97 Å². The van der Waals surface area contributed by atoms with E-state index in [1.54, 1.807) is 40.9 Å². The third-order valence-corrected chi connectivity index (χ3v) is 7.51. The van der Waals surface area contributed by atoms with Crippen molar-refractivity contribution in [2.45, 2.75) is 30.8 Å². The van der Waals surface area contributed by atoms with Crippen LogP contribution in [0.1, 0.15) is 40.6 Å². The van der Waals surface area contributed by atoms with Crippen molar-refractivity contribution in [3.63, 3.8) is 0 Å². The number of hydrogen-bond acceptors (Lipinski definition) is 8. The van der Waals surface area contributed by atoms with Gasteiger partial charge in [0.1, 0.15) is 5.58 Å². The Morgan fingerprint density at radius 1 is 1.20 bits per heavy atom. The van der Waals surface area contributed by atoms with Gasteiger partial charge in [-0.2, -0.15) is 0 Å². The molecule has 2 aliphatic rings. The molecule has 8 nitrogen and oxygen atoms in total. The van der Waals surface area contributed by atoms with Gasteiger partial charge in [0.05, 0.1) is 24.3 Å². The zero-order chi connectivity index (χ0) is 24.2. The number of para-hydroxylation sites is 1. The van der Waals surface area contributed by atoms with Crippen molar-refractivity contribution in [1.29, 1.82) is 0 Å². The molecule has 0 bridgehead atoms. The highest BCUT2D eigenvalue weighted by Crippen LogP contribution is 2.30. The van der Waals surface area contributed by atoms with Crippen molar-refractivity contribution in [3.8, 4) is 0 Å². The number of amides is 1. The number of likely N-dealkylation sites (tertiary alicyclic amines) is 1. The molecule has 2 saturated heterocycles. The first-order valence-electron chi connectivity index (χ1n) is 12.2. The number of aromatic nitrogens is 2. The van der Waals surface area contributed by atoms with Gasteiger partial charge in [0.15, 0.2) is 16.3 Å². The summed E-state index contributed by atoms with van der Waals surface area (Å²) in [6.45, 7) is 7.75. The number of carbonyl (C=O) groups is 1. The molecule has 0 spiro atoms. The van der Waals surface area contributed by atoms with E-state index < -0.39 is 0 Å². The van der Waals surface area contributed by atoms with E-state index in [2.05, 4.69) is 9.88 Å². The minimum absolute atomic E-state index is 0.0908. The summed E-state index contributed by atoms with van der Waals surface area (Å²) in [6.07, 6.45) is 3.72. The van der Waals surface area contributed by atoms with Gasteiger partial charge < -0.3 is 14.1 Å². The van der Waals surface area contributed by atoms with Gasteiger partial charge in [0, 0.05) is 56.7 Å².